The van der Waals surface area contributed by atoms with E-state index in [-0.39, 0.29) is 9.99 Å². The molecule has 0 aliphatic rings. The first-order chi connectivity index (χ1) is 6.80. The highest BCUT2D eigenvalue weighted by Gasteiger charge is 2.32. The summed E-state index contributed by atoms with van der Waals surface area (Å²) in [5, 5.41) is 8.46. The summed E-state index contributed by atoms with van der Waals surface area (Å²) in [6.45, 7) is 0. The number of benzene rings is 1. The van der Waals surface area contributed by atoms with Gasteiger partial charge in [-0.15, -0.1) is 0 Å². The van der Waals surface area contributed by atoms with Crippen molar-refractivity contribution >= 4 is 28.6 Å². The van der Waals surface area contributed by atoms with Gasteiger partial charge in [0.15, 0.2) is 0 Å². The van der Waals surface area contributed by atoms with Gasteiger partial charge in [-0.05, 0) is 40.3 Å². The molecule has 0 bridgehead atoms. The van der Waals surface area contributed by atoms with Gasteiger partial charge < -0.3 is 5.11 Å². The lowest BCUT2D eigenvalue weighted by atomic mass is 10.1. The van der Waals surface area contributed by atoms with E-state index < -0.39 is 17.7 Å². The number of halogens is 4. The van der Waals surface area contributed by atoms with Crippen LogP contribution in [-0.4, -0.2) is 11.1 Å². The van der Waals surface area contributed by atoms with Crippen LogP contribution in [0.1, 0.15) is 11.1 Å². The molecule has 2 nitrogen and oxygen atoms in total. The van der Waals surface area contributed by atoms with Gasteiger partial charge in [-0.1, -0.05) is 6.07 Å². The molecule has 1 N–H and O–H groups in total. The van der Waals surface area contributed by atoms with Crippen LogP contribution in [0.15, 0.2) is 18.2 Å². The minimum Gasteiger partial charge on any atom is -0.481 e. The molecule has 0 saturated carbocycles. The summed E-state index contributed by atoms with van der Waals surface area (Å²) in [5.74, 6) is -1.06. The second kappa shape index (κ2) is 4.38. The topological polar surface area (TPSA) is 37.3 Å². The van der Waals surface area contributed by atoms with Crippen molar-refractivity contribution in [2.75, 3.05) is 0 Å². The lowest BCUT2D eigenvalue weighted by Crippen LogP contribution is -2.08. The van der Waals surface area contributed by atoms with E-state index in [1.807, 2.05) is 0 Å². The molecule has 0 aliphatic heterocycles. The number of rotatable bonds is 2. The predicted molar refractivity (Wildman–Crippen MR) is 55.5 cm³/mol. The Balaban J connectivity index is 3.04. The van der Waals surface area contributed by atoms with Crippen molar-refractivity contribution in [3.8, 4) is 0 Å². The zero-order valence-corrected chi connectivity index (χ0v) is 9.46. The lowest BCUT2D eigenvalue weighted by molar-refractivity contribution is -0.138. The summed E-state index contributed by atoms with van der Waals surface area (Å²) in [6, 6.07) is 3.32. The van der Waals surface area contributed by atoms with E-state index in [2.05, 4.69) is 0 Å². The Morgan fingerprint density at radius 1 is 1.40 bits per heavy atom. The Labute approximate surface area is 97.2 Å². The third-order valence-corrected chi connectivity index (χ3v) is 2.59. The number of alkyl halides is 3. The Kier molecular flexibility index (Phi) is 3.58. The van der Waals surface area contributed by atoms with Gasteiger partial charge in [-0.2, -0.15) is 13.2 Å². The molecular weight excluding hydrogens is 324 g/mol. The molecular formula is C9H6F3IO2. The fraction of sp³-hybridized carbons (Fsp3) is 0.222. The van der Waals surface area contributed by atoms with Crippen molar-refractivity contribution < 1.29 is 23.1 Å². The summed E-state index contributed by atoms with van der Waals surface area (Å²) in [7, 11) is 0. The van der Waals surface area contributed by atoms with Crippen LogP contribution in [0, 0.1) is 3.57 Å². The molecule has 1 aromatic carbocycles. The number of aliphatic carboxylic acids is 1. The number of hydrogen-bond donors (Lipinski definition) is 1. The van der Waals surface area contributed by atoms with Gasteiger partial charge in [0.1, 0.15) is 0 Å². The quantitative estimate of drug-likeness (QED) is 0.847. The van der Waals surface area contributed by atoms with Gasteiger partial charge in [-0.25, -0.2) is 0 Å². The molecule has 0 fully saturated rings. The summed E-state index contributed by atoms with van der Waals surface area (Å²) < 4.78 is 37.0. The van der Waals surface area contributed by atoms with E-state index in [0.717, 1.165) is 6.07 Å². The molecule has 0 aromatic heterocycles. The summed E-state index contributed by atoms with van der Waals surface area (Å²) in [4.78, 5) is 10.3. The van der Waals surface area contributed by atoms with Gasteiger partial charge in [0.25, 0.3) is 0 Å². The Hall–Kier alpha value is -0.790. The molecule has 82 valence electrons. The van der Waals surface area contributed by atoms with Crippen molar-refractivity contribution in [2.24, 2.45) is 0 Å². The van der Waals surface area contributed by atoms with Gasteiger partial charge in [-0.3, -0.25) is 4.79 Å². The van der Waals surface area contributed by atoms with Crippen molar-refractivity contribution in [1.29, 1.82) is 0 Å². The number of carbonyl (C=O) groups is 1. The maximum absolute atomic E-state index is 12.3. The highest BCUT2D eigenvalue weighted by Crippen LogP contribution is 2.33. The van der Waals surface area contributed by atoms with Gasteiger partial charge in [0.05, 0.1) is 12.0 Å². The fourth-order valence-electron chi connectivity index (χ4n) is 1.07. The minimum atomic E-state index is -4.39. The lowest BCUT2D eigenvalue weighted by Gasteiger charge is -2.09. The van der Waals surface area contributed by atoms with E-state index in [1.165, 1.54) is 12.1 Å². The first-order valence-electron chi connectivity index (χ1n) is 3.88. The molecule has 0 spiro atoms. The van der Waals surface area contributed by atoms with Crippen molar-refractivity contribution in [2.45, 2.75) is 12.6 Å². The van der Waals surface area contributed by atoms with Crippen LogP contribution in [0.25, 0.3) is 0 Å². The minimum absolute atomic E-state index is 0.0128. The molecule has 0 atom stereocenters. The second-order valence-corrected chi connectivity index (χ2v) is 4.04. The highest BCUT2D eigenvalue weighted by molar-refractivity contribution is 14.1. The molecule has 0 aliphatic carbocycles. The SMILES string of the molecule is O=C(O)Cc1ccc(C(F)(F)F)c(I)c1. The average Bonchev–Trinajstić information content (AvgIpc) is 1.99. The smallest absolute Gasteiger partial charge is 0.417 e. The first-order valence-corrected chi connectivity index (χ1v) is 4.96. The van der Waals surface area contributed by atoms with Gasteiger partial charge in [0.2, 0.25) is 0 Å². The first kappa shape index (κ1) is 12.3. The van der Waals surface area contributed by atoms with Gasteiger partial charge >= 0.3 is 12.1 Å². The van der Waals surface area contributed by atoms with E-state index >= 15 is 0 Å². The molecule has 0 radical (unpaired) electrons. The molecule has 6 heteroatoms. The van der Waals surface area contributed by atoms with Crippen molar-refractivity contribution in [3.63, 3.8) is 0 Å². The number of carboxylic acid groups (broad SMARTS) is 1. The van der Waals surface area contributed by atoms with Crippen molar-refractivity contribution in [1.82, 2.24) is 0 Å². The maximum atomic E-state index is 12.3. The summed E-state index contributed by atoms with van der Waals surface area (Å²) in [6.07, 6.45) is -4.66. The van der Waals surface area contributed by atoms with Crippen LogP contribution in [-0.2, 0) is 17.4 Å². The van der Waals surface area contributed by atoms with Crippen LogP contribution in [0.5, 0.6) is 0 Å². The van der Waals surface area contributed by atoms with Crippen LogP contribution < -0.4 is 0 Å². The van der Waals surface area contributed by atoms with Crippen LogP contribution >= 0.6 is 22.6 Å². The monoisotopic (exact) mass is 330 g/mol. The molecule has 0 amide bonds. The Morgan fingerprint density at radius 2 is 2.00 bits per heavy atom. The zero-order chi connectivity index (χ0) is 11.6. The van der Waals surface area contributed by atoms with E-state index in [4.69, 9.17) is 5.11 Å². The third kappa shape index (κ3) is 3.37. The normalized spacial score (nSPS) is 11.5. The maximum Gasteiger partial charge on any atom is 0.417 e. The summed E-state index contributed by atoms with van der Waals surface area (Å²) >= 11 is 1.55. The number of carboxylic acids is 1. The van der Waals surface area contributed by atoms with E-state index in [1.54, 1.807) is 22.6 Å². The van der Waals surface area contributed by atoms with Gasteiger partial charge in [0, 0.05) is 3.57 Å². The average molecular weight is 330 g/mol. The molecule has 0 heterocycles. The number of hydrogen-bond acceptors (Lipinski definition) is 1. The van der Waals surface area contributed by atoms with Crippen LogP contribution in [0.2, 0.25) is 0 Å². The zero-order valence-electron chi connectivity index (χ0n) is 7.31. The van der Waals surface area contributed by atoms with E-state index in [0.29, 0.717) is 5.56 Å². The predicted octanol–water partition coefficient (Wildman–Crippen LogP) is 2.94. The highest BCUT2D eigenvalue weighted by atomic mass is 127. The van der Waals surface area contributed by atoms with Crippen LogP contribution in [0.4, 0.5) is 13.2 Å². The Bertz CT molecular complexity index is 387. The Morgan fingerprint density at radius 3 is 2.40 bits per heavy atom. The largest absolute Gasteiger partial charge is 0.481 e. The van der Waals surface area contributed by atoms with Crippen LogP contribution in [0.3, 0.4) is 0 Å². The fourth-order valence-corrected chi connectivity index (χ4v) is 1.96. The standard InChI is InChI=1S/C9H6F3IO2/c10-9(11,12)6-2-1-5(3-7(6)13)4-8(14)15/h1-3H,4H2,(H,14,15). The molecule has 1 aromatic rings. The third-order valence-electron chi connectivity index (χ3n) is 1.69. The van der Waals surface area contributed by atoms with E-state index in [9.17, 15) is 18.0 Å². The molecule has 0 saturated heterocycles. The summed E-state index contributed by atoms with van der Waals surface area (Å²) in [5.41, 5.74) is -0.378. The molecule has 0 unspecified atom stereocenters. The molecule has 1 rings (SSSR count). The second-order valence-electron chi connectivity index (χ2n) is 2.88. The molecule has 15 heavy (non-hydrogen) atoms. The van der Waals surface area contributed by atoms with Crippen molar-refractivity contribution in [3.05, 3.63) is 32.9 Å².